The molecular formula is C20H26N2O2. The van der Waals surface area contributed by atoms with Gasteiger partial charge in [-0.2, -0.15) is 0 Å². The molecule has 0 spiro atoms. The number of benzene rings is 1. The zero-order chi connectivity index (χ0) is 17.7. The molecule has 1 amide bonds. The highest BCUT2D eigenvalue weighted by atomic mass is 16.2. The molecule has 1 atom stereocenters. The van der Waals surface area contributed by atoms with Crippen LogP contribution < -0.4 is 5.32 Å². The summed E-state index contributed by atoms with van der Waals surface area (Å²) in [5.74, 6) is 2.64. The van der Waals surface area contributed by atoms with E-state index in [-0.39, 0.29) is 30.2 Å². The first-order valence-corrected chi connectivity index (χ1v) is 8.50. The van der Waals surface area contributed by atoms with Crippen LogP contribution in [0.25, 0.3) is 0 Å². The fraction of sp³-hybridized carbons (Fsp3) is 0.500. The van der Waals surface area contributed by atoms with E-state index in [2.05, 4.69) is 22.2 Å². The summed E-state index contributed by atoms with van der Waals surface area (Å²) in [5.41, 5.74) is 3.05. The van der Waals surface area contributed by atoms with E-state index in [4.69, 9.17) is 6.42 Å². The maximum Gasteiger partial charge on any atom is 0.237 e. The van der Waals surface area contributed by atoms with Crippen LogP contribution in [-0.2, 0) is 4.79 Å². The quantitative estimate of drug-likeness (QED) is 0.667. The summed E-state index contributed by atoms with van der Waals surface area (Å²) in [6, 6.07) is 5.78. The molecular weight excluding hydrogens is 300 g/mol. The van der Waals surface area contributed by atoms with Crippen molar-refractivity contribution in [2.45, 2.75) is 39.7 Å². The second-order valence-electron chi connectivity index (χ2n) is 6.59. The third-order valence-corrected chi connectivity index (χ3v) is 4.84. The molecule has 0 aliphatic carbocycles. The van der Waals surface area contributed by atoms with Crippen molar-refractivity contribution in [1.82, 2.24) is 10.2 Å². The summed E-state index contributed by atoms with van der Waals surface area (Å²) in [4.78, 5) is 26.9. The van der Waals surface area contributed by atoms with Crippen LogP contribution in [0.1, 0.15) is 41.3 Å². The lowest BCUT2D eigenvalue weighted by Crippen LogP contribution is -2.49. The minimum Gasteiger partial charge on any atom is -0.344 e. The summed E-state index contributed by atoms with van der Waals surface area (Å²) in [7, 11) is 0. The molecule has 128 valence electrons. The van der Waals surface area contributed by atoms with Gasteiger partial charge in [-0.25, -0.2) is 0 Å². The Bertz CT molecular complexity index is 652. The molecule has 4 heteroatoms. The van der Waals surface area contributed by atoms with Crippen LogP contribution in [-0.4, -0.2) is 42.3 Å². The molecule has 0 saturated carbocycles. The number of likely N-dealkylation sites (tertiary alicyclic amines) is 1. The first-order chi connectivity index (χ1) is 11.4. The Morgan fingerprint density at radius 1 is 1.33 bits per heavy atom. The summed E-state index contributed by atoms with van der Waals surface area (Å²) in [6.07, 6.45) is 6.75. The average molecular weight is 326 g/mol. The number of terminal acetylenes is 1. The summed E-state index contributed by atoms with van der Waals surface area (Å²) in [6.45, 7) is 7.68. The number of nitrogens with zero attached hydrogens (tertiary/aromatic N) is 1. The lowest BCUT2D eigenvalue weighted by atomic mass is 9.86. The van der Waals surface area contributed by atoms with Gasteiger partial charge in [0.25, 0.3) is 0 Å². The van der Waals surface area contributed by atoms with E-state index in [0.29, 0.717) is 0 Å². The van der Waals surface area contributed by atoms with E-state index in [0.717, 1.165) is 37.1 Å². The van der Waals surface area contributed by atoms with Gasteiger partial charge < -0.3 is 5.32 Å². The van der Waals surface area contributed by atoms with E-state index >= 15 is 0 Å². The number of piperidine rings is 1. The Morgan fingerprint density at radius 3 is 2.58 bits per heavy atom. The second kappa shape index (κ2) is 8.12. The number of Topliss-reactive ketones (excluding diaryl/α,β-unsaturated/α-hetero) is 1. The van der Waals surface area contributed by atoms with Gasteiger partial charge in [-0.1, -0.05) is 29.7 Å². The van der Waals surface area contributed by atoms with Crippen molar-refractivity contribution in [3.05, 3.63) is 34.9 Å². The lowest BCUT2D eigenvalue weighted by molar-refractivity contribution is -0.126. The molecule has 0 bridgehead atoms. The minimum absolute atomic E-state index is 0.0450. The molecule has 0 unspecified atom stereocenters. The standard InChI is InChI=1S/C20H26N2O2/c1-5-10-21-20(24)16(4)22-11-8-17(9-12-22)19(23)18-7-6-14(2)13-15(18)3/h1,6-7,13,16-17H,8-12H2,2-4H3,(H,21,24)/t16-/m0/s1. The fourth-order valence-electron chi connectivity index (χ4n) is 3.31. The molecule has 1 aliphatic rings. The van der Waals surface area contributed by atoms with E-state index in [1.54, 1.807) is 0 Å². The van der Waals surface area contributed by atoms with Gasteiger partial charge in [-0.15, -0.1) is 6.42 Å². The van der Waals surface area contributed by atoms with Gasteiger partial charge in [-0.3, -0.25) is 14.5 Å². The molecule has 1 N–H and O–H groups in total. The number of hydrogen-bond acceptors (Lipinski definition) is 3. The number of nitrogens with one attached hydrogen (secondary N) is 1. The molecule has 4 nitrogen and oxygen atoms in total. The highest BCUT2D eigenvalue weighted by Gasteiger charge is 2.30. The number of rotatable bonds is 5. The average Bonchev–Trinajstić information content (AvgIpc) is 2.58. The highest BCUT2D eigenvalue weighted by molar-refractivity contribution is 5.99. The zero-order valence-corrected chi connectivity index (χ0v) is 14.8. The summed E-state index contributed by atoms with van der Waals surface area (Å²) < 4.78 is 0. The van der Waals surface area contributed by atoms with Gasteiger partial charge in [-0.05, 0) is 52.3 Å². The maximum absolute atomic E-state index is 12.8. The van der Waals surface area contributed by atoms with E-state index in [1.165, 1.54) is 5.56 Å². The molecule has 1 saturated heterocycles. The van der Waals surface area contributed by atoms with Crippen LogP contribution >= 0.6 is 0 Å². The Morgan fingerprint density at radius 2 is 2.00 bits per heavy atom. The van der Waals surface area contributed by atoms with Crippen LogP contribution in [0.3, 0.4) is 0 Å². The number of hydrogen-bond donors (Lipinski definition) is 1. The number of amides is 1. The third kappa shape index (κ3) is 4.24. The van der Waals surface area contributed by atoms with Gasteiger partial charge in [0.1, 0.15) is 0 Å². The highest BCUT2D eigenvalue weighted by Crippen LogP contribution is 2.24. The van der Waals surface area contributed by atoms with Gasteiger partial charge in [0.2, 0.25) is 5.91 Å². The normalized spacial score (nSPS) is 17.1. The van der Waals surface area contributed by atoms with Crippen LogP contribution in [0.4, 0.5) is 0 Å². The Labute approximate surface area is 144 Å². The molecule has 1 fully saturated rings. The van der Waals surface area contributed by atoms with Gasteiger partial charge in [0.05, 0.1) is 12.6 Å². The van der Waals surface area contributed by atoms with Crippen molar-refractivity contribution in [2.75, 3.05) is 19.6 Å². The van der Waals surface area contributed by atoms with E-state index < -0.39 is 0 Å². The van der Waals surface area contributed by atoms with Crippen molar-refractivity contribution in [1.29, 1.82) is 0 Å². The van der Waals surface area contributed by atoms with Crippen LogP contribution in [0.2, 0.25) is 0 Å². The van der Waals surface area contributed by atoms with Crippen molar-refractivity contribution in [2.24, 2.45) is 5.92 Å². The first kappa shape index (κ1) is 18.2. The lowest BCUT2D eigenvalue weighted by Gasteiger charge is -2.34. The van der Waals surface area contributed by atoms with Gasteiger partial charge >= 0.3 is 0 Å². The molecule has 1 aromatic carbocycles. The van der Waals surface area contributed by atoms with Crippen molar-refractivity contribution >= 4 is 11.7 Å². The maximum atomic E-state index is 12.8. The molecule has 1 aliphatic heterocycles. The van der Waals surface area contributed by atoms with Crippen molar-refractivity contribution in [3.8, 4) is 12.3 Å². The third-order valence-electron chi connectivity index (χ3n) is 4.84. The summed E-state index contributed by atoms with van der Waals surface area (Å²) in [5, 5.41) is 2.72. The number of carbonyl (C=O) groups excluding carboxylic acids is 2. The van der Waals surface area contributed by atoms with Crippen LogP contribution in [0.15, 0.2) is 18.2 Å². The van der Waals surface area contributed by atoms with E-state index in [1.807, 2.05) is 32.9 Å². The molecule has 1 heterocycles. The summed E-state index contributed by atoms with van der Waals surface area (Å²) >= 11 is 0. The Balaban J connectivity index is 1.93. The fourth-order valence-corrected chi connectivity index (χ4v) is 3.31. The van der Waals surface area contributed by atoms with Gasteiger partial charge in [0.15, 0.2) is 5.78 Å². The largest absolute Gasteiger partial charge is 0.344 e. The van der Waals surface area contributed by atoms with Gasteiger partial charge in [0, 0.05) is 11.5 Å². The predicted octanol–water partition coefficient (Wildman–Crippen LogP) is 2.34. The minimum atomic E-state index is -0.212. The zero-order valence-electron chi connectivity index (χ0n) is 14.8. The van der Waals surface area contributed by atoms with Crippen molar-refractivity contribution < 1.29 is 9.59 Å². The smallest absolute Gasteiger partial charge is 0.237 e. The van der Waals surface area contributed by atoms with Crippen LogP contribution in [0, 0.1) is 32.1 Å². The van der Waals surface area contributed by atoms with E-state index in [9.17, 15) is 9.59 Å². The van der Waals surface area contributed by atoms with Crippen molar-refractivity contribution in [3.63, 3.8) is 0 Å². The van der Waals surface area contributed by atoms with Crippen LogP contribution in [0.5, 0.6) is 0 Å². The first-order valence-electron chi connectivity index (χ1n) is 8.50. The number of aryl methyl sites for hydroxylation is 2. The SMILES string of the molecule is C#CCNC(=O)[C@H](C)N1CCC(C(=O)c2ccc(C)cc2C)CC1. The molecule has 1 aromatic rings. The monoisotopic (exact) mass is 326 g/mol. The Kier molecular flexibility index (Phi) is 6.16. The topological polar surface area (TPSA) is 49.4 Å². The number of ketones is 1. The predicted molar refractivity (Wildman–Crippen MR) is 95.8 cm³/mol. The second-order valence-corrected chi connectivity index (χ2v) is 6.59. The Hall–Kier alpha value is -2.12. The molecule has 0 radical (unpaired) electrons. The number of carbonyl (C=O) groups is 2. The molecule has 2 rings (SSSR count). The molecule has 0 aromatic heterocycles. The molecule has 24 heavy (non-hydrogen) atoms.